The van der Waals surface area contributed by atoms with E-state index in [1.54, 1.807) is 0 Å². The van der Waals surface area contributed by atoms with Crippen LogP contribution in [0.2, 0.25) is 0 Å². The molecule has 0 radical (unpaired) electrons. The highest BCUT2D eigenvalue weighted by Gasteiger charge is 2.38. The zero-order valence-electron chi connectivity index (χ0n) is 33.2. The van der Waals surface area contributed by atoms with E-state index in [2.05, 4.69) is 204 Å². The second kappa shape index (κ2) is 11.9. The Hall–Kier alpha value is -6.83. The van der Waals surface area contributed by atoms with Crippen LogP contribution < -0.4 is 0 Å². The predicted octanol–water partition coefficient (Wildman–Crippen LogP) is 15.3. The van der Waals surface area contributed by atoms with Gasteiger partial charge in [0.15, 0.2) is 0 Å². The van der Waals surface area contributed by atoms with Gasteiger partial charge in [0.05, 0.1) is 11.0 Å². The topological polar surface area (TPSA) is 12.9 Å². The summed E-state index contributed by atoms with van der Waals surface area (Å²) in [4.78, 5) is 5.17. The highest BCUT2D eigenvalue weighted by Crippen LogP contribution is 2.56. The summed E-state index contributed by atoms with van der Waals surface area (Å²) in [5, 5.41) is 7.35. The maximum atomic E-state index is 5.17. The van der Waals surface area contributed by atoms with Gasteiger partial charge in [-0.3, -0.25) is 0 Å². The van der Waals surface area contributed by atoms with Crippen molar-refractivity contribution in [2.75, 3.05) is 0 Å². The number of benzene rings is 9. The number of hydrogen-bond acceptors (Lipinski definition) is 1. The first-order valence-corrected chi connectivity index (χ1v) is 20.6. The standard InChI is InChI=1S/C57H41N/c1-56(2)47-24-12-8-19-41(47)53-44(22-15-25-48(53)56)52-38-17-5-6-18-39(38)54(55-42-20-9-13-26-50(42)58-51-27-14-10-21-43(51)55)40-31-29-34(32-45(40)52)35-28-30-37-36-16-7-11-23-46(36)57(3,4)49(37)33-35/h5-33H,1-4H3. The maximum Gasteiger partial charge on any atom is 0.0715 e. The van der Waals surface area contributed by atoms with E-state index in [4.69, 9.17) is 4.98 Å². The van der Waals surface area contributed by atoms with Gasteiger partial charge in [0.25, 0.3) is 0 Å². The third kappa shape index (κ3) is 4.45. The van der Waals surface area contributed by atoms with Crippen LogP contribution in [0.1, 0.15) is 49.9 Å². The van der Waals surface area contributed by atoms with Crippen molar-refractivity contribution in [1.29, 1.82) is 0 Å². The molecule has 0 fully saturated rings. The van der Waals surface area contributed by atoms with Crippen molar-refractivity contribution in [2.45, 2.75) is 38.5 Å². The van der Waals surface area contributed by atoms with Crippen LogP contribution >= 0.6 is 0 Å². The van der Waals surface area contributed by atoms with Crippen LogP contribution in [0.15, 0.2) is 176 Å². The fourth-order valence-electron chi connectivity index (χ4n) is 10.9. The van der Waals surface area contributed by atoms with Crippen molar-refractivity contribution in [3.8, 4) is 55.6 Å². The van der Waals surface area contributed by atoms with Gasteiger partial charge in [0, 0.05) is 27.2 Å². The molecule has 0 aliphatic heterocycles. The van der Waals surface area contributed by atoms with Crippen LogP contribution in [0.5, 0.6) is 0 Å². The molecule has 0 bridgehead atoms. The van der Waals surface area contributed by atoms with E-state index in [0.717, 1.165) is 11.0 Å². The molecule has 2 aliphatic rings. The van der Waals surface area contributed by atoms with Gasteiger partial charge in [-0.15, -0.1) is 0 Å². The second-order valence-electron chi connectivity index (χ2n) is 17.4. The Morgan fingerprint density at radius 3 is 1.48 bits per heavy atom. The van der Waals surface area contributed by atoms with E-state index in [1.807, 2.05) is 0 Å². The largest absolute Gasteiger partial charge is 0.248 e. The molecular formula is C57H41N. The van der Waals surface area contributed by atoms with E-state index < -0.39 is 0 Å². The first kappa shape index (κ1) is 33.3. The zero-order valence-corrected chi connectivity index (χ0v) is 33.2. The Labute approximate surface area is 339 Å². The number of rotatable bonds is 3. The summed E-state index contributed by atoms with van der Waals surface area (Å²) in [6, 6.07) is 65.8. The quantitative estimate of drug-likeness (QED) is 0.164. The summed E-state index contributed by atoms with van der Waals surface area (Å²) in [7, 11) is 0. The van der Waals surface area contributed by atoms with Crippen LogP contribution in [0.4, 0.5) is 0 Å². The van der Waals surface area contributed by atoms with Crippen molar-refractivity contribution < 1.29 is 0 Å². The molecule has 0 N–H and O–H groups in total. The molecule has 9 aromatic carbocycles. The van der Waals surface area contributed by atoms with E-state index in [0.29, 0.717) is 0 Å². The lowest BCUT2D eigenvalue weighted by Crippen LogP contribution is -2.14. The summed E-state index contributed by atoms with van der Waals surface area (Å²) in [5.41, 5.74) is 20.3. The highest BCUT2D eigenvalue weighted by molar-refractivity contribution is 6.27. The van der Waals surface area contributed by atoms with E-state index in [1.165, 1.54) is 110 Å². The number of para-hydroxylation sites is 2. The molecule has 0 atom stereocenters. The fraction of sp³-hybridized carbons (Fsp3) is 0.105. The summed E-state index contributed by atoms with van der Waals surface area (Å²) in [6.07, 6.45) is 0. The lowest BCUT2D eigenvalue weighted by molar-refractivity contribution is 0.660. The van der Waals surface area contributed by atoms with Gasteiger partial charge in [-0.2, -0.15) is 0 Å². The average Bonchev–Trinajstić information content (AvgIpc) is 3.64. The van der Waals surface area contributed by atoms with Gasteiger partial charge in [-0.05, 0) is 118 Å². The Morgan fingerprint density at radius 1 is 0.293 bits per heavy atom. The predicted molar refractivity (Wildman–Crippen MR) is 246 cm³/mol. The Kier molecular flexibility index (Phi) is 6.81. The molecule has 0 spiro atoms. The molecular weight excluding hydrogens is 699 g/mol. The Balaban J connectivity index is 1.23. The van der Waals surface area contributed by atoms with Gasteiger partial charge in [0.2, 0.25) is 0 Å². The van der Waals surface area contributed by atoms with E-state index in [9.17, 15) is 0 Å². The molecule has 12 rings (SSSR count). The molecule has 0 saturated heterocycles. The monoisotopic (exact) mass is 739 g/mol. The fourth-order valence-corrected chi connectivity index (χ4v) is 10.9. The first-order chi connectivity index (χ1) is 28.3. The summed E-state index contributed by atoms with van der Waals surface area (Å²) in [6.45, 7) is 9.51. The molecule has 58 heavy (non-hydrogen) atoms. The molecule has 0 saturated carbocycles. The molecule has 1 heterocycles. The summed E-state index contributed by atoms with van der Waals surface area (Å²) in [5.74, 6) is 0. The maximum absolute atomic E-state index is 5.17. The summed E-state index contributed by atoms with van der Waals surface area (Å²) >= 11 is 0. The third-order valence-corrected chi connectivity index (χ3v) is 13.7. The van der Waals surface area contributed by atoms with Crippen LogP contribution in [0, 0.1) is 0 Å². The van der Waals surface area contributed by atoms with Crippen molar-refractivity contribution in [1.82, 2.24) is 4.98 Å². The van der Waals surface area contributed by atoms with Crippen LogP contribution in [-0.2, 0) is 10.8 Å². The van der Waals surface area contributed by atoms with Crippen molar-refractivity contribution in [3.63, 3.8) is 0 Å². The number of fused-ring (bicyclic) bond motifs is 10. The highest BCUT2D eigenvalue weighted by atomic mass is 14.7. The smallest absolute Gasteiger partial charge is 0.0715 e. The lowest BCUT2D eigenvalue weighted by atomic mass is 9.79. The second-order valence-corrected chi connectivity index (χ2v) is 17.4. The first-order valence-electron chi connectivity index (χ1n) is 20.6. The van der Waals surface area contributed by atoms with E-state index in [-0.39, 0.29) is 10.8 Å². The zero-order chi connectivity index (χ0) is 38.9. The van der Waals surface area contributed by atoms with Crippen molar-refractivity contribution in [3.05, 3.63) is 198 Å². The van der Waals surface area contributed by atoms with Gasteiger partial charge >= 0.3 is 0 Å². The molecule has 1 nitrogen and oxygen atoms in total. The molecule has 274 valence electrons. The minimum absolute atomic E-state index is 0.0818. The Morgan fingerprint density at radius 2 is 0.759 bits per heavy atom. The molecule has 2 aliphatic carbocycles. The van der Waals surface area contributed by atoms with Gasteiger partial charge < -0.3 is 0 Å². The number of hydrogen-bond donors (Lipinski definition) is 0. The molecule has 1 heteroatoms. The average molecular weight is 740 g/mol. The molecule has 0 amide bonds. The molecule has 0 unspecified atom stereocenters. The molecule has 10 aromatic rings. The van der Waals surface area contributed by atoms with Crippen LogP contribution in [-0.4, -0.2) is 4.98 Å². The third-order valence-electron chi connectivity index (χ3n) is 13.7. The van der Waals surface area contributed by atoms with Crippen LogP contribution in [0.3, 0.4) is 0 Å². The number of aromatic nitrogens is 1. The van der Waals surface area contributed by atoms with Crippen LogP contribution in [0.25, 0.3) is 99.0 Å². The summed E-state index contributed by atoms with van der Waals surface area (Å²) < 4.78 is 0. The Bertz CT molecular complexity index is 3340. The number of pyridine rings is 1. The van der Waals surface area contributed by atoms with Crippen molar-refractivity contribution >= 4 is 43.4 Å². The van der Waals surface area contributed by atoms with Crippen molar-refractivity contribution in [2.24, 2.45) is 0 Å². The van der Waals surface area contributed by atoms with Gasteiger partial charge in [-0.25, -0.2) is 4.98 Å². The molecule has 1 aromatic heterocycles. The van der Waals surface area contributed by atoms with Gasteiger partial charge in [-0.1, -0.05) is 179 Å². The van der Waals surface area contributed by atoms with Gasteiger partial charge in [0.1, 0.15) is 0 Å². The lowest BCUT2D eigenvalue weighted by Gasteiger charge is -2.24. The normalized spacial score (nSPS) is 14.5. The van der Waals surface area contributed by atoms with E-state index >= 15 is 0 Å². The number of nitrogens with zero attached hydrogens (tertiary/aromatic N) is 1. The SMILES string of the molecule is CC1(C)c2ccccc2-c2ccc(-c3ccc4c(-c5c6ccccc6nc6ccccc56)c5ccccc5c(-c5cccc6c5-c5ccccc5C6(C)C)c4c3)cc21. The minimum Gasteiger partial charge on any atom is -0.248 e. The minimum atomic E-state index is -0.109.